The van der Waals surface area contributed by atoms with Gasteiger partial charge in [-0.2, -0.15) is 0 Å². The first-order chi connectivity index (χ1) is 5.20. The van der Waals surface area contributed by atoms with E-state index < -0.39 is 15.6 Å². The SMILES string of the molecule is COC(OC)[SiH2]COC(N)=O. The van der Waals surface area contributed by atoms with E-state index in [0.717, 1.165) is 0 Å². The van der Waals surface area contributed by atoms with Crippen LogP contribution in [0.4, 0.5) is 4.79 Å². The van der Waals surface area contributed by atoms with E-state index >= 15 is 0 Å². The molecule has 0 heterocycles. The Morgan fingerprint density at radius 3 is 2.45 bits per heavy atom. The zero-order chi connectivity index (χ0) is 8.69. The van der Waals surface area contributed by atoms with E-state index in [9.17, 15) is 4.79 Å². The lowest BCUT2D eigenvalue weighted by molar-refractivity contribution is -0.0454. The van der Waals surface area contributed by atoms with Gasteiger partial charge in [0.15, 0.2) is 0 Å². The molecule has 6 heteroatoms. The molecule has 0 aliphatic carbocycles. The quantitative estimate of drug-likeness (QED) is 0.424. The Morgan fingerprint density at radius 2 is 2.09 bits per heavy atom. The summed E-state index contributed by atoms with van der Waals surface area (Å²) < 4.78 is 14.3. The summed E-state index contributed by atoms with van der Waals surface area (Å²) in [7, 11) is 2.41. The number of primary amides is 1. The maximum absolute atomic E-state index is 10.1. The highest BCUT2D eigenvalue weighted by molar-refractivity contribution is 6.36. The van der Waals surface area contributed by atoms with Crippen LogP contribution in [0.15, 0.2) is 0 Å². The van der Waals surface area contributed by atoms with E-state index in [-0.39, 0.29) is 5.91 Å². The predicted molar refractivity (Wildman–Crippen MR) is 41.9 cm³/mol. The van der Waals surface area contributed by atoms with Crippen molar-refractivity contribution in [2.45, 2.75) is 5.91 Å². The molecular formula is C5H13NO4Si. The lowest BCUT2D eigenvalue weighted by atomic mass is 11.2. The number of carbonyl (C=O) groups is 1. The fourth-order valence-electron chi connectivity index (χ4n) is 0.588. The number of methoxy groups -OCH3 is 2. The van der Waals surface area contributed by atoms with Crippen molar-refractivity contribution in [3.63, 3.8) is 0 Å². The van der Waals surface area contributed by atoms with Crippen LogP contribution in [0.25, 0.3) is 0 Å². The molecule has 0 aromatic carbocycles. The summed E-state index contributed by atoms with van der Waals surface area (Å²) in [6.45, 7) is 0. The van der Waals surface area contributed by atoms with Crippen molar-refractivity contribution in [3.05, 3.63) is 0 Å². The minimum atomic E-state index is -0.747. The van der Waals surface area contributed by atoms with Gasteiger partial charge in [0.1, 0.15) is 15.4 Å². The van der Waals surface area contributed by atoms with Gasteiger partial charge in [-0.05, 0) is 0 Å². The van der Waals surface area contributed by atoms with Gasteiger partial charge in [-0.15, -0.1) is 0 Å². The third-order valence-corrected chi connectivity index (χ3v) is 2.70. The molecule has 0 bridgehead atoms. The molecule has 0 fully saturated rings. The van der Waals surface area contributed by atoms with Crippen LogP contribution in [0.2, 0.25) is 0 Å². The number of hydrogen-bond acceptors (Lipinski definition) is 4. The monoisotopic (exact) mass is 179 g/mol. The van der Waals surface area contributed by atoms with Gasteiger partial charge < -0.3 is 19.9 Å². The Hall–Kier alpha value is -0.593. The average molecular weight is 179 g/mol. The Kier molecular flexibility index (Phi) is 5.81. The van der Waals surface area contributed by atoms with Crippen LogP contribution in [-0.4, -0.2) is 42.0 Å². The minimum absolute atomic E-state index is 0.200. The highest BCUT2D eigenvalue weighted by Gasteiger charge is 2.06. The second kappa shape index (κ2) is 6.14. The van der Waals surface area contributed by atoms with Gasteiger partial charge >= 0.3 is 6.09 Å². The zero-order valence-electron chi connectivity index (χ0n) is 6.70. The smallest absolute Gasteiger partial charge is 0.404 e. The summed E-state index contributed by atoms with van der Waals surface area (Å²) in [6.07, 6.45) is -0.398. The topological polar surface area (TPSA) is 70.8 Å². The van der Waals surface area contributed by atoms with Gasteiger partial charge in [0.2, 0.25) is 0 Å². The van der Waals surface area contributed by atoms with Gasteiger partial charge in [0.05, 0.1) is 6.23 Å². The molecule has 0 aliphatic heterocycles. The van der Waals surface area contributed by atoms with Gasteiger partial charge in [-0.1, -0.05) is 0 Å². The normalized spacial score (nSPS) is 11.2. The molecule has 0 unspecified atom stereocenters. The summed E-state index contributed by atoms with van der Waals surface area (Å²) in [6, 6.07) is 0. The molecule has 5 nitrogen and oxygen atoms in total. The Balaban J connectivity index is 3.28. The summed E-state index contributed by atoms with van der Waals surface area (Å²) >= 11 is 0. The molecule has 0 radical (unpaired) electrons. The first-order valence-electron chi connectivity index (χ1n) is 3.18. The van der Waals surface area contributed by atoms with Crippen LogP contribution in [-0.2, 0) is 14.2 Å². The molecule has 0 spiro atoms. The van der Waals surface area contributed by atoms with Crippen LogP contribution in [0, 0.1) is 0 Å². The average Bonchev–Trinajstić information content (AvgIpc) is 1.98. The lowest BCUT2D eigenvalue weighted by Crippen LogP contribution is -2.27. The van der Waals surface area contributed by atoms with Crippen LogP contribution >= 0.6 is 0 Å². The van der Waals surface area contributed by atoms with Gasteiger partial charge in [-0.25, -0.2) is 4.79 Å². The third kappa shape index (κ3) is 5.83. The first-order valence-corrected chi connectivity index (χ1v) is 5.00. The highest BCUT2D eigenvalue weighted by atomic mass is 28.2. The molecule has 2 N–H and O–H groups in total. The van der Waals surface area contributed by atoms with E-state index in [1.165, 1.54) is 0 Å². The molecule has 0 aromatic rings. The van der Waals surface area contributed by atoms with Gasteiger partial charge in [-0.3, -0.25) is 0 Å². The molecule has 0 aromatic heterocycles. The van der Waals surface area contributed by atoms with E-state index in [2.05, 4.69) is 4.74 Å². The number of nitrogens with two attached hydrogens (primary N) is 1. The summed E-state index contributed by atoms with van der Waals surface area (Å²) in [4.78, 5) is 10.1. The van der Waals surface area contributed by atoms with Crippen LogP contribution < -0.4 is 5.73 Å². The predicted octanol–water partition coefficient (Wildman–Crippen LogP) is -1.22. The van der Waals surface area contributed by atoms with Crippen LogP contribution in [0.5, 0.6) is 0 Å². The van der Waals surface area contributed by atoms with Crippen molar-refractivity contribution in [2.75, 3.05) is 20.4 Å². The Morgan fingerprint density at radius 1 is 1.55 bits per heavy atom. The largest absolute Gasteiger partial charge is 0.454 e. The van der Waals surface area contributed by atoms with Crippen molar-refractivity contribution in [3.8, 4) is 0 Å². The number of hydrogen-bond donors (Lipinski definition) is 1. The maximum Gasteiger partial charge on any atom is 0.404 e. The number of carbonyl (C=O) groups excluding carboxylic acids is 1. The van der Waals surface area contributed by atoms with E-state index in [1.54, 1.807) is 14.2 Å². The molecule has 0 rings (SSSR count). The molecule has 0 saturated heterocycles. The first kappa shape index (κ1) is 10.4. The lowest BCUT2D eigenvalue weighted by Gasteiger charge is -2.11. The maximum atomic E-state index is 10.1. The zero-order valence-corrected chi connectivity index (χ0v) is 8.12. The van der Waals surface area contributed by atoms with Crippen molar-refractivity contribution in [1.82, 2.24) is 0 Å². The minimum Gasteiger partial charge on any atom is -0.454 e. The Labute approximate surface area is 67.6 Å². The second-order valence-corrected chi connectivity index (χ2v) is 3.51. The van der Waals surface area contributed by atoms with Crippen LogP contribution in [0.3, 0.4) is 0 Å². The third-order valence-electron chi connectivity index (χ3n) is 1.12. The van der Waals surface area contributed by atoms with Gasteiger partial charge in [0, 0.05) is 14.2 Å². The van der Waals surface area contributed by atoms with E-state index in [0.29, 0.717) is 6.23 Å². The van der Waals surface area contributed by atoms with Crippen molar-refractivity contribution in [2.24, 2.45) is 5.73 Å². The van der Waals surface area contributed by atoms with Crippen LogP contribution in [0.1, 0.15) is 0 Å². The fraction of sp³-hybridized carbons (Fsp3) is 0.800. The molecule has 11 heavy (non-hydrogen) atoms. The summed E-state index contributed by atoms with van der Waals surface area (Å²) in [5.74, 6) is -0.200. The fourth-order valence-corrected chi connectivity index (χ4v) is 1.57. The van der Waals surface area contributed by atoms with Crippen molar-refractivity contribution < 1.29 is 19.0 Å². The van der Waals surface area contributed by atoms with Crippen molar-refractivity contribution in [1.29, 1.82) is 0 Å². The molecule has 66 valence electrons. The standard InChI is InChI=1S/C5H13NO4Si/c1-8-5(9-2)11-3-10-4(6)7/h5H,3,11H2,1-2H3,(H2,6,7). The van der Waals surface area contributed by atoms with E-state index in [1.807, 2.05) is 0 Å². The molecular weight excluding hydrogens is 166 g/mol. The Bertz CT molecular complexity index is 117. The van der Waals surface area contributed by atoms with E-state index in [4.69, 9.17) is 15.2 Å². The summed E-state index contributed by atoms with van der Waals surface area (Å²) in [5.41, 5.74) is 4.74. The molecule has 1 amide bonds. The molecule has 0 aliphatic rings. The summed E-state index contributed by atoms with van der Waals surface area (Å²) in [5, 5.41) is 0. The number of ether oxygens (including phenoxy) is 3. The number of rotatable bonds is 5. The number of amides is 1. The van der Waals surface area contributed by atoms with Gasteiger partial charge in [0.25, 0.3) is 0 Å². The molecule has 0 saturated carbocycles. The molecule has 0 atom stereocenters. The highest BCUT2D eigenvalue weighted by Crippen LogP contribution is 1.87. The van der Waals surface area contributed by atoms with Crippen molar-refractivity contribution >= 4 is 15.6 Å². The second-order valence-electron chi connectivity index (χ2n) is 1.86.